The molecule has 0 bridgehead atoms. The van der Waals surface area contributed by atoms with Crippen molar-refractivity contribution in [2.45, 2.75) is 26.0 Å². The number of hydrogen-bond acceptors (Lipinski definition) is 5. The van der Waals surface area contributed by atoms with Gasteiger partial charge in [-0.3, -0.25) is 4.79 Å². The zero-order valence-electron chi connectivity index (χ0n) is 14.2. The second-order valence-electron chi connectivity index (χ2n) is 5.42. The van der Waals surface area contributed by atoms with Crippen LogP contribution in [0.2, 0.25) is 0 Å². The number of aromatic nitrogens is 1. The number of methoxy groups -OCH3 is 1. The van der Waals surface area contributed by atoms with Crippen LogP contribution >= 0.6 is 0 Å². The van der Waals surface area contributed by atoms with Crippen LogP contribution in [-0.2, 0) is 9.53 Å². The number of amides is 1. The van der Waals surface area contributed by atoms with E-state index in [-0.39, 0.29) is 17.4 Å². The van der Waals surface area contributed by atoms with E-state index < -0.39 is 18.0 Å². The van der Waals surface area contributed by atoms with Crippen LogP contribution in [0.1, 0.15) is 35.8 Å². The lowest BCUT2D eigenvalue weighted by atomic mass is 10.1. The van der Waals surface area contributed by atoms with Crippen molar-refractivity contribution in [1.82, 2.24) is 10.3 Å². The van der Waals surface area contributed by atoms with Gasteiger partial charge in [0.05, 0.1) is 18.7 Å². The molecule has 132 valence electrons. The fourth-order valence-corrected chi connectivity index (χ4v) is 2.07. The lowest BCUT2D eigenvalue weighted by Gasteiger charge is -2.18. The molecule has 0 aliphatic carbocycles. The first-order valence-corrected chi connectivity index (χ1v) is 7.67. The maximum atomic E-state index is 12.9. The number of rotatable bonds is 6. The molecule has 0 saturated heterocycles. The Kier molecular flexibility index (Phi) is 6.05. The van der Waals surface area contributed by atoms with Crippen molar-refractivity contribution in [2.75, 3.05) is 7.11 Å². The number of carbonyl (C=O) groups excluding carboxylic acids is 2. The Bertz CT molecular complexity index is 732. The van der Waals surface area contributed by atoms with Gasteiger partial charge in [0, 0.05) is 12.3 Å². The number of halogens is 1. The molecule has 1 heterocycles. The van der Waals surface area contributed by atoms with Crippen molar-refractivity contribution in [3.8, 4) is 5.88 Å². The molecule has 2 rings (SSSR count). The zero-order valence-corrected chi connectivity index (χ0v) is 14.2. The Morgan fingerprint density at radius 3 is 2.36 bits per heavy atom. The van der Waals surface area contributed by atoms with Crippen LogP contribution in [0.4, 0.5) is 4.39 Å². The van der Waals surface area contributed by atoms with Crippen LogP contribution < -0.4 is 10.1 Å². The van der Waals surface area contributed by atoms with Gasteiger partial charge in [0.1, 0.15) is 5.82 Å². The molecule has 2 unspecified atom stereocenters. The Labute approximate surface area is 145 Å². The number of pyridine rings is 1. The summed E-state index contributed by atoms with van der Waals surface area (Å²) in [7, 11) is 1.47. The van der Waals surface area contributed by atoms with Gasteiger partial charge in [-0.1, -0.05) is 12.1 Å². The third kappa shape index (κ3) is 5.00. The molecule has 0 saturated carbocycles. The van der Waals surface area contributed by atoms with Gasteiger partial charge in [0.15, 0.2) is 6.10 Å². The molecule has 1 amide bonds. The van der Waals surface area contributed by atoms with E-state index in [0.717, 1.165) is 5.56 Å². The first-order valence-electron chi connectivity index (χ1n) is 7.67. The van der Waals surface area contributed by atoms with Gasteiger partial charge in [-0.05, 0) is 37.6 Å². The lowest BCUT2D eigenvalue weighted by Crippen LogP contribution is -2.37. The summed E-state index contributed by atoms with van der Waals surface area (Å²) >= 11 is 0. The van der Waals surface area contributed by atoms with Crippen LogP contribution in [-0.4, -0.2) is 30.1 Å². The number of hydrogen-bond donors (Lipinski definition) is 1. The molecule has 0 aliphatic heterocycles. The van der Waals surface area contributed by atoms with E-state index in [2.05, 4.69) is 10.3 Å². The largest absolute Gasteiger partial charge is 0.481 e. The monoisotopic (exact) mass is 346 g/mol. The van der Waals surface area contributed by atoms with Crippen molar-refractivity contribution < 1.29 is 23.5 Å². The molecule has 2 aromatic rings. The number of ether oxygens (including phenoxy) is 2. The molecule has 0 spiro atoms. The topological polar surface area (TPSA) is 77.5 Å². The summed E-state index contributed by atoms with van der Waals surface area (Å²) in [5, 5.41) is 2.72. The zero-order chi connectivity index (χ0) is 18.4. The fraction of sp³-hybridized carbons (Fsp3) is 0.278. The molecule has 0 aliphatic rings. The molecule has 25 heavy (non-hydrogen) atoms. The third-order valence-corrected chi connectivity index (χ3v) is 3.56. The minimum atomic E-state index is -0.988. The summed E-state index contributed by atoms with van der Waals surface area (Å²) in [6, 6.07) is 8.48. The Hall–Kier alpha value is -2.96. The van der Waals surface area contributed by atoms with Gasteiger partial charge < -0.3 is 14.8 Å². The van der Waals surface area contributed by atoms with Crippen molar-refractivity contribution in [3.05, 3.63) is 59.5 Å². The molecule has 0 fully saturated rings. The van der Waals surface area contributed by atoms with Gasteiger partial charge >= 0.3 is 5.97 Å². The quantitative estimate of drug-likeness (QED) is 0.814. The van der Waals surface area contributed by atoms with E-state index in [1.807, 2.05) is 0 Å². The van der Waals surface area contributed by atoms with Crippen LogP contribution in [0.25, 0.3) is 0 Å². The van der Waals surface area contributed by atoms with E-state index in [4.69, 9.17) is 9.47 Å². The fourth-order valence-electron chi connectivity index (χ4n) is 2.07. The molecule has 1 aromatic carbocycles. The molecular weight excluding hydrogens is 327 g/mol. The smallest absolute Gasteiger partial charge is 0.340 e. The van der Waals surface area contributed by atoms with E-state index in [1.54, 1.807) is 19.1 Å². The van der Waals surface area contributed by atoms with Crippen molar-refractivity contribution in [2.24, 2.45) is 0 Å². The predicted molar refractivity (Wildman–Crippen MR) is 88.6 cm³/mol. The molecule has 0 radical (unpaired) electrons. The van der Waals surface area contributed by atoms with Gasteiger partial charge in [0.2, 0.25) is 5.88 Å². The van der Waals surface area contributed by atoms with E-state index in [9.17, 15) is 14.0 Å². The Balaban J connectivity index is 1.92. The highest BCUT2D eigenvalue weighted by molar-refractivity contribution is 5.92. The molecule has 2 atom stereocenters. The number of nitrogens with one attached hydrogen (secondary N) is 1. The van der Waals surface area contributed by atoms with Crippen LogP contribution in [0, 0.1) is 5.82 Å². The highest BCUT2D eigenvalue weighted by Gasteiger charge is 2.21. The number of carbonyl (C=O) groups is 2. The van der Waals surface area contributed by atoms with Crippen molar-refractivity contribution >= 4 is 11.9 Å². The Morgan fingerprint density at radius 2 is 1.80 bits per heavy atom. The second kappa shape index (κ2) is 8.23. The summed E-state index contributed by atoms with van der Waals surface area (Å²) in [6.45, 7) is 3.23. The second-order valence-corrected chi connectivity index (χ2v) is 5.42. The summed E-state index contributed by atoms with van der Waals surface area (Å²) in [5.74, 6) is -1.09. The predicted octanol–water partition coefficient (Wildman–Crippen LogP) is 2.65. The number of nitrogens with zero attached hydrogens (tertiary/aromatic N) is 1. The molecule has 1 aromatic heterocycles. The first kappa shape index (κ1) is 18.4. The third-order valence-electron chi connectivity index (χ3n) is 3.56. The minimum Gasteiger partial charge on any atom is -0.481 e. The van der Waals surface area contributed by atoms with Gasteiger partial charge in [-0.2, -0.15) is 0 Å². The summed E-state index contributed by atoms with van der Waals surface area (Å²) in [5.41, 5.74) is 0.958. The minimum absolute atomic E-state index is 0.215. The maximum absolute atomic E-state index is 12.9. The average molecular weight is 346 g/mol. The van der Waals surface area contributed by atoms with E-state index in [0.29, 0.717) is 5.88 Å². The summed E-state index contributed by atoms with van der Waals surface area (Å²) < 4.78 is 23.0. The Morgan fingerprint density at radius 1 is 1.12 bits per heavy atom. The standard InChI is InChI=1S/C18H19FN2O4/c1-11(13-4-7-15(19)8-5-13)21-17(22)12(2)25-18(23)14-6-9-16(24-3)20-10-14/h4-12H,1-3H3,(H,21,22). The van der Waals surface area contributed by atoms with Crippen molar-refractivity contribution in [1.29, 1.82) is 0 Å². The lowest BCUT2D eigenvalue weighted by molar-refractivity contribution is -0.129. The van der Waals surface area contributed by atoms with Gasteiger partial charge in [0.25, 0.3) is 5.91 Å². The molecule has 6 nitrogen and oxygen atoms in total. The van der Waals surface area contributed by atoms with Gasteiger partial charge in [-0.25, -0.2) is 14.2 Å². The summed E-state index contributed by atoms with van der Waals surface area (Å²) in [6.07, 6.45) is 0.324. The van der Waals surface area contributed by atoms with Crippen LogP contribution in [0.5, 0.6) is 5.88 Å². The molecule has 1 N–H and O–H groups in total. The first-order chi connectivity index (χ1) is 11.9. The van der Waals surface area contributed by atoms with Crippen LogP contribution in [0.3, 0.4) is 0 Å². The molecular formula is C18H19FN2O4. The van der Waals surface area contributed by atoms with E-state index >= 15 is 0 Å². The highest BCUT2D eigenvalue weighted by atomic mass is 19.1. The number of esters is 1. The summed E-state index contributed by atoms with van der Waals surface area (Å²) in [4.78, 5) is 28.1. The van der Waals surface area contributed by atoms with Crippen LogP contribution in [0.15, 0.2) is 42.6 Å². The maximum Gasteiger partial charge on any atom is 0.340 e. The highest BCUT2D eigenvalue weighted by Crippen LogP contribution is 2.14. The van der Waals surface area contributed by atoms with Gasteiger partial charge in [-0.15, -0.1) is 0 Å². The molecule has 7 heteroatoms. The van der Waals surface area contributed by atoms with Crippen molar-refractivity contribution in [3.63, 3.8) is 0 Å². The van der Waals surface area contributed by atoms with E-state index in [1.165, 1.54) is 44.5 Å². The normalized spacial score (nSPS) is 12.8. The SMILES string of the molecule is COc1ccc(C(=O)OC(C)C(=O)NC(C)c2ccc(F)cc2)cn1. The average Bonchev–Trinajstić information content (AvgIpc) is 2.62. The number of benzene rings is 1.